The van der Waals surface area contributed by atoms with Gasteiger partial charge in [0.15, 0.2) is 0 Å². The van der Waals surface area contributed by atoms with Crippen molar-refractivity contribution in [1.82, 2.24) is 10.2 Å². The van der Waals surface area contributed by atoms with Crippen molar-refractivity contribution < 1.29 is 0 Å². The number of piperazine rings is 1. The Balaban J connectivity index is 2.10. The van der Waals surface area contributed by atoms with Gasteiger partial charge in [0.1, 0.15) is 0 Å². The molecule has 0 aromatic heterocycles. The number of rotatable bonds is 2. The van der Waals surface area contributed by atoms with Gasteiger partial charge in [-0.25, -0.2) is 0 Å². The van der Waals surface area contributed by atoms with Gasteiger partial charge in [0.25, 0.3) is 0 Å². The Labute approximate surface area is 106 Å². The van der Waals surface area contributed by atoms with Gasteiger partial charge >= 0.3 is 0 Å². The zero-order chi connectivity index (χ0) is 12.5. The van der Waals surface area contributed by atoms with Gasteiger partial charge in [0, 0.05) is 31.2 Å². The molecule has 1 unspecified atom stereocenters. The van der Waals surface area contributed by atoms with Crippen LogP contribution in [0.3, 0.4) is 0 Å². The van der Waals surface area contributed by atoms with Crippen LogP contribution < -0.4 is 5.32 Å². The van der Waals surface area contributed by atoms with Crippen molar-refractivity contribution in [2.75, 3.05) is 19.6 Å². The maximum Gasteiger partial charge on any atom is 0.0309 e. The molecule has 2 rings (SSSR count). The van der Waals surface area contributed by atoms with Crippen LogP contribution in [0.1, 0.15) is 46.5 Å². The van der Waals surface area contributed by atoms with Gasteiger partial charge in [0.05, 0.1) is 0 Å². The van der Waals surface area contributed by atoms with Crippen molar-refractivity contribution in [3.05, 3.63) is 12.7 Å². The molecule has 1 saturated heterocycles. The molecule has 1 atom stereocenters. The quantitative estimate of drug-likeness (QED) is 0.742. The van der Waals surface area contributed by atoms with Crippen LogP contribution in [0.5, 0.6) is 0 Å². The average Bonchev–Trinajstić information content (AvgIpc) is 2.65. The van der Waals surface area contributed by atoms with Crippen molar-refractivity contribution >= 4 is 0 Å². The molecule has 1 aliphatic carbocycles. The van der Waals surface area contributed by atoms with Gasteiger partial charge in [-0.2, -0.15) is 0 Å². The third kappa shape index (κ3) is 2.74. The van der Waals surface area contributed by atoms with E-state index in [1.54, 1.807) is 0 Å². The Morgan fingerprint density at radius 1 is 1.35 bits per heavy atom. The molecule has 0 aromatic carbocycles. The van der Waals surface area contributed by atoms with Crippen molar-refractivity contribution in [3.63, 3.8) is 0 Å². The summed E-state index contributed by atoms with van der Waals surface area (Å²) in [4.78, 5) is 2.65. The maximum atomic E-state index is 3.92. The van der Waals surface area contributed by atoms with Gasteiger partial charge < -0.3 is 5.32 Å². The van der Waals surface area contributed by atoms with Crippen LogP contribution in [-0.4, -0.2) is 36.1 Å². The third-order valence-corrected chi connectivity index (χ3v) is 4.54. The highest BCUT2D eigenvalue weighted by Crippen LogP contribution is 2.36. The Kier molecular flexibility index (Phi) is 3.65. The van der Waals surface area contributed by atoms with E-state index in [1.165, 1.54) is 32.2 Å². The zero-order valence-electron chi connectivity index (χ0n) is 11.8. The standard InChI is InChI=1S/C15H28N2/c1-5-10-17-12-15(8-6-7-9-15)16-11-13(17)14(2,3)4/h5,13,16H,1,6-12H2,2-4H3. The van der Waals surface area contributed by atoms with Crippen LogP contribution in [-0.2, 0) is 0 Å². The zero-order valence-corrected chi connectivity index (χ0v) is 11.8. The highest BCUT2D eigenvalue weighted by molar-refractivity contribution is 5.04. The first kappa shape index (κ1) is 13.1. The van der Waals surface area contributed by atoms with Crippen LogP contribution in [0.4, 0.5) is 0 Å². The fourth-order valence-electron chi connectivity index (χ4n) is 3.60. The normalized spacial score (nSPS) is 29.7. The van der Waals surface area contributed by atoms with Gasteiger partial charge in [-0.1, -0.05) is 39.7 Å². The summed E-state index contributed by atoms with van der Waals surface area (Å²) in [5, 5.41) is 3.86. The predicted octanol–water partition coefficient (Wildman–Crippen LogP) is 2.81. The molecule has 2 nitrogen and oxygen atoms in total. The van der Waals surface area contributed by atoms with Gasteiger partial charge in [-0.15, -0.1) is 6.58 Å². The monoisotopic (exact) mass is 236 g/mol. The molecule has 0 bridgehead atoms. The lowest BCUT2D eigenvalue weighted by Gasteiger charge is -2.50. The first-order valence-electron chi connectivity index (χ1n) is 7.07. The lowest BCUT2D eigenvalue weighted by Crippen LogP contribution is -2.65. The fraction of sp³-hybridized carbons (Fsp3) is 0.867. The molecule has 1 spiro atoms. The van der Waals surface area contributed by atoms with E-state index < -0.39 is 0 Å². The first-order valence-corrected chi connectivity index (χ1v) is 7.07. The second-order valence-corrected chi connectivity index (χ2v) is 6.97. The van der Waals surface area contributed by atoms with Crippen LogP contribution in [0.15, 0.2) is 12.7 Å². The largest absolute Gasteiger partial charge is 0.308 e. The minimum atomic E-state index is 0.343. The summed E-state index contributed by atoms with van der Waals surface area (Å²) in [5.41, 5.74) is 0.765. The first-order chi connectivity index (χ1) is 7.97. The summed E-state index contributed by atoms with van der Waals surface area (Å²) in [5.74, 6) is 0. The number of nitrogens with one attached hydrogen (secondary N) is 1. The second-order valence-electron chi connectivity index (χ2n) is 6.97. The molecule has 0 aromatic rings. The molecule has 2 heteroatoms. The van der Waals surface area contributed by atoms with Gasteiger partial charge in [0.2, 0.25) is 0 Å². The molecule has 2 aliphatic rings. The number of hydrogen-bond acceptors (Lipinski definition) is 2. The molecule has 1 saturated carbocycles. The van der Waals surface area contributed by atoms with Crippen LogP contribution in [0, 0.1) is 5.41 Å². The van der Waals surface area contributed by atoms with Crippen molar-refractivity contribution in [2.45, 2.75) is 58.0 Å². The third-order valence-electron chi connectivity index (χ3n) is 4.54. The van der Waals surface area contributed by atoms with E-state index in [2.05, 4.69) is 43.6 Å². The summed E-state index contributed by atoms with van der Waals surface area (Å²) in [6.07, 6.45) is 7.58. The molecular weight excluding hydrogens is 208 g/mol. The van der Waals surface area contributed by atoms with E-state index in [4.69, 9.17) is 0 Å². The molecular formula is C15H28N2. The van der Waals surface area contributed by atoms with E-state index >= 15 is 0 Å². The summed E-state index contributed by atoms with van der Waals surface area (Å²) in [6, 6.07) is 0.631. The molecule has 98 valence electrons. The Hall–Kier alpha value is -0.340. The topological polar surface area (TPSA) is 15.3 Å². The summed E-state index contributed by atoms with van der Waals surface area (Å²) >= 11 is 0. The molecule has 0 amide bonds. The average molecular weight is 236 g/mol. The van der Waals surface area contributed by atoms with E-state index in [0.29, 0.717) is 17.0 Å². The van der Waals surface area contributed by atoms with Crippen molar-refractivity contribution in [3.8, 4) is 0 Å². The smallest absolute Gasteiger partial charge is 0.0309 e. The highest BCUT2D eigenvalue weighted by atomic mass is 15.3. The Morgan fingerprint density at radius 2 is 2.00 bits per heavy atom. The van der Waals surface area contributed by atoms with Crippen LogP contribution in [0.2, 0.25) is 0 Å². The van der Waals surface area contributed by atoms with E-state index in [0.717, 1.165) is 13.1 Å². The minimum Gasteiger partial charge on any atom is -0.308 e. The Morgan fingerprint density at radius 3 is 2.53 bits per heavy atom. The Bertz CT molecular complexity index is 271. The minimum absolute atomic E-state index is 0.343. The van der Waals surface area contributed by atoms with Crippen molar-refractivity contribution in [2.24, 2.45) is 5.41 Å². The molecule has 1 N–H and O–H groups in total. The molecule has 0 radical (unpaired) electrons. The molecule has 17 heavy (non-hydrogen) atoms. The SMILES string of the molecule is C=CCN1CC2(CCCC2)NCC1C(C)(C)C. The maximum absolute atomic E-state index is 3.92. The van der Waals surface area contributed by atoms with Gasteiger partial charge in [-0.3, -0.25) is 4.90 Å². The molecule has 2 fully saturated rings. The van der Waals surface area contributed by atoms with Crippen LogP contribution >= 0.6 is 0 Å². The molecule has 1 heterocycles. The lowest BCUT2D eigenvalue weighted by molar-refractivity contribution is 0.0326. The fourth-order valence-corrected chi connectivity index (χ4v) is 3.60. The second kappa shape index (κ2) is 4.74. The molecule has 1 aliphatic heterocycles. The summed E-state index contributed by atoms with van der Waals surface area (Å²) in [6.45, 7) is 14.4. The van der Waals surface area contributed by atoms with Crippen molar-refractivity contribution in [1.29, 1.82) is 0 Å². The van der Waals surface area contributed by atoms with Gasteiger partial charge in [-0.05, 0) is 18.3 Å². The number of nitrogens with zero attached hydrogens (tertiary/aromatic N) is 1. The number of hydrogen-bond donors (Lipinski definition) is 1. The lowest BCUT2D eigenvalue weighted by atomic mass is 9.81. The summed E-state index contributed by atoms with van der Waals surface area (Å²) < 4.78 is 0. The van der Waals surface area contributed by atoms with E-state index in [-0.39, 0.29) is 0 Å². The van der Waals surface area contributed by atoms with E-state index in [1.807, 2.05) is 0 Å². The summed E-state index contributed by atoms with van der Waals surface area (Å²) in [7, 11) is 0. The van der Waals surface area contributed by atoms with E-state index in [9.17, 15) is 0 Å². The van der Waals surface area contributed by atoms with Crippen LogP contribution in [0.25, 0.3) is 0 Å². The highest BCUT2D eigenvalue weighted by Gasteiger charge is 2.43. The predicted molar refractivity (Wildman–Crippen MR) is 74.2 cm³/mol.